The van der Waals surface area contributed by atoms with Crippen LogP contribution in [-0.2, 0) is 13.5 Å². The van der Waals surface area contributed by atoms with Crippen LogP contribution in [0.5, 0.6) is 0 Å². The lowest BCUT2D eigenvalue weighted by atomic mass is 10.0. The van der Waals surface area contributed by atoms with E-state index in [0.29, 0.717) is 0 Å². The Hall–Kier alpha value is -1.13. The van der Waals surface area contributed by atoms with E-state index in [4.69, 9.17) is 5.73 Å². The second-order valence-electron chi connectivity index (χ2n) is 4.03. The number of hydrogen-bond acceptors (Lipinski definition) is 3. The molecule has 0 saturated heterocycles. The molecule has 0 amide bonds. The van der Waals surface area contributed by atoms with Gasteiger partial charge in [0, 0.05) is 23.7 Å². The van der Waals surface area contributed by atoms with E-state index >= 15 is 0 Å². The third kappa shape index (κ3) is 2.03. The van der Waals surface area contributed by atoms with Gasteiger partial charge in [0.15, 0.2) is 0 Å². The Morgan fingerprint density at radius 3 is 2.88 bits per heavy atom. The average Bonchev–Trinajstić information content (AvgIpc) is 2.83. The van der Waals surface area contributed by atoms with Gasteiger partial charge < -0.3 is 5.73 Å². The maximum Gasteiger partial charge on any atom is 0.0672 e. The fourth-order valence-electron chi connectivity index (χ4n) is 1.89. The molecule has 4 heteroatoms. The fourth-order valence-corrected chi connectivity index (χ4v) is 2.63. The van der Waals surface area contributed by atoms with Gasteiger partial charge in [-0.15, -0.1) is 11.3 Å². The molecule has 2 aromatic rings. The molecule has 2 N–H and O–H groups in total. The predicted molar refractivity (Wildman–Crippen MR) is 67.7 cm³/mol. The van der Waals surface area contributed by atoms with Gasteiger partial charge in [0.1, 0.15) is 0 Å². The maximum atomic E-state index is 6.27. The van der Waals surface area contributed by atoms with Crippen LogP contribution < -0.4 is 5.73 Å². The minimum Gasteiger partial charge on any atom is -0.320 e. The molecule has 2 heterocycles. The van der Waals surface area contributed by atoms with Gasteiger partial charge >= 0.3 is 0 Å². The lowest BCUT2D eigenvalue weighted by molar-refractivity contribution is 0.746. The quantitative estimate of drug-likeness (QED) is 0.887. The first kappa shape index (κ1) is 11.4. The molecule has 0 aromatic carbocycles. The second-order valence-corrected chi connectivity index (χ2v) is 5.14. The average molecular weight is 235 g/mol. The van der Waals surface area contributed by atoms with E-state index < -0.39 is 0 Å². The molecule has 2 aromatic heterocycles. The molecule has 0 radical (unpaired) electrons. The first-order chi connectivity index (χ1) is 7.61. The number of nitrogens with zero attached hydrogens (tertiary/aromatic N) is 2. The molecule has 0 aliphatic heterocycles. The smallest absolute Gasteiger partial charge is 0.0672 e. The Morgan fingerprint density at radius 1 is 1.56 bits per heavy atom. The minimum absolute atomic E-state index is 0.0476. The van der Waals surface area contributed by atoms with Crippen molar-refractivity contribution in [2.45, 2.75) is 26.3 Å². The summed E-state index contributed by atoms with van der Waals surface area (Å²) in [5.74, 6) is 0. The zero-order valence-corrected chi connectivity index (χ0v) is 10.7. The normalized spacial score (nSPS) is 13.0. The van der Waals surface area contributed by atoms with Gasteiger partial charge in [-0.25, -0.2) is 0 Å². The van der Waals surface area contributed by atoms with Crippen LogP contribution in [0.15, 0.2) is 17.6 Å². The topological polar surface area (TPSA) is 43.8 Å². The standard InChI is InChI=1S/C12H17N3S/c1-4-11-10(6-15(3)14-11)12(13)9-5-8(2)16-7-9/h5-7,12H,4,13H2,1-3H3. The van der Waals surface area contributed by atoms with Crippen molar-refractivity contribution in [3.05, 3.63) is 39.3 Å². The van der Waals surface area contributed by atoms with Crippen LogP contribution >= 0.6 is 11.3 Å². The number of hydrogen-bond donors (Lipinski definition) is 1. The molecule has 1 unspecified atom stereocenters. The van der Waals surface area contributed by atoms with E-state index in [1.165, 1.54) is 10.4 Å². The van der Waals surface area contributed by atoms with Gasteiger partial charge in [-0.1, -0.05) is 6.92 Å². The Kier molecular flexibility index (Phi) is 3.12. The van der Waals surface area contributed by atoms with E-state index in [1.807, 2.05) is 17.9 Å². The number of aromatic nitrogens is 2. The number of aryl methyl sites for hydroxylation is 3. The molecule has 0 spiro atoms. The number of rotatable bonds is 3. The van der Waals surface area contributed by atoms with Crippen LogP contribution in [0.2, 0.25) is 0 Å². The van der Waals surface area contributed by atoms with E-state index in [1.54, 1.807) is 11.3 Å². The Morgan fingerprint density at radius 2 is 2.31 bits per heavy atom. The van der Waals surface area contributed by atoms with Crippen LogP contribution in [0.1, 0.15) is 34.7 Å². The van der Waals surface area contributed by atoms with Crippen LogP contribution in [0.25, 0.3) is 0 Å². The van der Waals surface area contributed by atoms with E-state index in [9.17, 15) is 0 Å². The molecule has 0 saturated carbocycles. The van der Waals surface area contributed by atoms with Crippen LogP contribution in [0, 0.1) is 6.92 Å². The van der Waals surface area contributed by atoms with Crippen molar-refractivity contribution in [2.75, 3.05) is 0 Å². The highest BCUT2D eigenvalue weighted by atomic mass is 32.1. The van der Waals surface area contributed by atoms with Gasteiger partial charge in [0.25, 0.3) is 0 Å². The summed E-state index contributed by atoms with van der Waals surface area (Å²) < 4.78 is 1.84. The van der Waals surface area contributed by atoms with Crippen molar-refractivity contribution in [1.82, 2.24) is 9.78 Å². The molecular formula is C12H17N3S. The van der Waals surface area contributed by atoms with Crippen molar-refractivity contribution in [2.24, 2.45) is 12.8 Å². The fraction of sp³-hybridized carbons (Fsp3) is 0.417. The van der Waals surface area contributed by atoms with Gasteiger partial charge in [-0.2, -0.15) is 5.10 Å². The van der Waals surface area contributed by atoms with Crippen molar-refractivity contribution in [3.8, 4) is 0 Å². The highest BCUT2D eigenvalue weighted by Crippen LogP contribution is 2.26. The Bertz CT molecular complexity index is 484. The van der Waals surface area contributed by atoms with Crippen molar-refractivity contribution < 1.29 is 0 Å². The van der Waals surface area contributed by atoms with Gasteiger partial charge in [-0.05, 0) is 30.4 Å². The summed E-state index contributed by atoms with van der Waals surface area (Å²) in [5, 5.41) is 6.55. The van der Waals surface area contributed by atoms with Crippen LogP contribution in [0.3, 0.4) is 0 Å². The Balaban J connectivity index is 2.36. The zero-order valence-electron chi connectivity index (χ0n) is 9.90. The number of nitrogens with two attached hydrogens (primary N) is 1. The van der Waals surface area contributed by atoms with E-state index in [0.717, 1.165) is 17.7 Å². The second kappa shape index (κ2) is 4.39. The van der Waals surface area contributed by atoms with Crippen molar-refractivity contribution in [3.63, 3.8) is 0 Å². The number of thiophene rings is 1. The lowest BCUT2D eigenvalue weighted by Crippen LogP contribution is -2.12. The minimum atomic E-state index is -0.0476. The maximum absolute atomic E-state index is 6.27. The summed E-state index contributed by atoms with van der Waals surface area (Å²) in [6, 6.07) is 2.11. The van der Waals surface area contributed by atoms with Crippen molar-refractivity contribution in [1.29, 1.82) is 0 Å². The summed E-state index contributed by atoms with van der Waals surface area (Å²) in [4.78, 5) is 1.30. The molecular weight excluding hydrogens is 218 g/mol. The molecule has 16 heavy (non-hydrogen) atoms. The predicted octanol–water partition coefficient (Wildman–Crippen LogP) is 2.40. The molecule has 0 fully saturated rings. The molecule has 2 rings (SSSR count). The highest BCUT2D eigenvalue weighted by Gasteiger charge is 2.16. The van der Waals surface area contributed by atoms with Gasteiger partial charge in [0.2, 0.25) is 0 Å². The monoisotopic (exact) mass is 235 g/mol. The molecule has 0 aliphatic carbocycles. The lowest BCUT2D eigenvalue weighted by Gasteiger charge is -2.09. The largest absolute Gasteiger partial charge is 0.320 e. The summed E-state index contributed by atoms with van der Waals surface area (Å²) >= 11 is 1.74. The molecule has 0 bridgehead atoms. The Labute approximate surface area is 99.9 Å². The summed E-state index contributed by atoms with van der Waals surface area (Å²) in [6.45, 7) is 4.21. The zero-order chi connectivity index (χ0) is 11.7. The van der Waals surface area contributed by atoms with Crippen LogP contribution in [-0.4, -0.2) is 9.78 Å². The summed E-state index contributed by atoms with van der Waals surface area (Å²) in [7, 11) is 1.94. The summed E-state index contributed by atoms with van der Waals surface area (Å²) in [5.41, 5.74) is 9.70. The third-order valence-corrected chi connectivity index (χ3v) is 3.60. The molecule has 0 aliphatic rings. The summed E-state index contributed by atoms with van der Waals surface area (Å²) in [6.07, 6.45) is 2.95. The third-order valence-electron chi connectivity index (χ3n) is 2.72. The first-order valence-corrected chi connectivity index (χ1v) is 6.32. The van der Waals surface area contributed by atoms with Gasteiger partial charge in [0.05, 0.1) is 11.7 Å². The highest BCUT2D eigenvalue weighted by molar-refractivity contribution is 7.10. The van der Waals surface area contributed by atoms with E-state index in [2.05, 4.69) is 30.4 Å². The molecule has 86 valence electrons. The molecule has 1 atom stereocenters. The SMILES string of the molecule is CCc1nn(C)cc1C(N)c1csc(C)c1. The van der Waals surface area contributed by atoms with Gasteiger partial charge in [-0.3, -0.25) is 4.68 Å². The van der Waals surface area contributed by atoms with Crippen LogP contribution in [0.4, 0.5) is 0 Å². The first-order valence-electron chi connectivity index (χ1n) is 5.44. The van der Waals surface area contributed by atoms with E-state index in [-0.39, 0.29) is 6.04 Å². The molecule has 3 nitrogen and oxygen atoms in total. The van der Waals surface area contributed by atoms with Crippen molar-refractivity contribution >= 4 is 11.3 Å².